The SMILES string of the molecule is Cc1ccccc1COc1ccc(/C=N/n2c(=S)[nH]nc(C)c2=O)cc1. The van der Waals surface area contributed by atoms with Gasteiger partial charge in [-0.05, 0) is 67.0 Å². The van der Waals surface area contributed by atoms with E-state index >= 15 is 0 Å². The smallest absolute Gasteiger partial charge is 0.296 e. The van der Waals surface area contributed by atoms with Crippen molar-refractivity contribution < 1.29 is 4.74 Å². The van der Waals surface area contributed by atoms with Gasteiger partial charge in [-0.1, -0.05) is 24.3 Å². The average molecular weight is 366 g/mol. The van der Waals surface area contributed by atoms with Crippen LogP contribution < -0.4 is 10.3 Å². The van der Waals surface area contributed by atoms with Crippen LogP contribution in [0.5, 0.6) is 5.75 Å². The van der Waals surface area contributed by atoms with Crippen molar-refractivity contribution in [2.75, 3.05) is 0 Å². The monoisotopic (exact) mass is 366 g/mol. The fourth-order valence-electron chi connectivity index (χ4n) is 2.28. The van der Waals surface area contributed by atoms with Crippen molar-refractivity contribution in [2.45, 2.75) is 20.5 Å². The molecule has 0 bridgehead atoms. The van der Waals surface area contributed by atoms with Crippen LogP contribution in [0.1, 0.15) is 22.4 Å². The Morgan fingerprint density at radius 2 is 1.92 bits per heavy atom. The van der Waals surface area contributed by atoms with Crippen LogP contribution in [-0.4, -0.2) is 21.1 Å². The van der Waals surface area contributed by atoms with Crippen LogP contribution in [0.4, 0.5) is 0 Å². The molecular weight excluding hydrogens is 348 g/mol. The van der Waals surface area contributed by atoms with Crippen molar-refractivity contribution in [3.05, 3.63) is 86.0 Å². The zero-order valence-electron chi connectivity index (χ0n) is 14.5. The van der Waals surface area contributed by atoms with Gasteiger partial charge in [-0.25, -0.2) is 0 Å². The van der Waals surface area contributed by atoms with E-state index in [1.165, 1.54) is 5.56 Å². The van der Waals surface area contributed by atoms with Gasteiger partial charge in [0, 0.05) is 0 Å². The highest BCUT2D eigenvalue weighted by Gasteiger charge is 2.02. The van der Waals surface area contributed by atoms with Gasteiger partial charge < -0.3 is 4.74 Å². The van der Waals surface area contributed by atoms with Crippen LogP contribution >= 0.6 is 12.2 Å². The summed E-state index contributed by atoms with van der Waals surface area (Å²) in [7, 11) is 0. The maximum atomic E-state index is 12.0. The van der Waals surface area contributed by atoms with E-state index in [2.05, 4.69) is 28.3 Å². The highest BCUT2D eigenvalue weighted by Crippen LogP contribution is 2.15. The average Bonchev–Trinajstić information content (AvgIpc) is 2.65. The van der Waals surface area contributed by atoms with Crippen molar-refractivity contribution in [3.63, 3.8) is 0 Å². The second-order valence-corrected chi connectivity index (χ2v) is 6.15. The highest BCUT2D eigenvalue weighted by atomic mass is 32.1. The molecule has 0 atom stereocenters. The van der Waals surface area contributed by atoms with Gasteiger partial charge in [0.1, 0.15) is 18.1 Å². The molecule has 0 amide bonds. The third kappa shape index (κ3) is 4.12. The molecule has 0 aliphatic carbocycles. The zero-order valence-corrected chi connectivity index (χ0v) is 15.3. The Hall–Kier alpha value is -3.06. The molecule has 1 N–H and O–H groups in total. The molecule has 7 heteroatoms. The fourth-order valence-corrected chi connectivity index (χ4v) is 2.46. The van der Waals surface area contributed by atoms with Crippen LogP contribution in [0.2, 0.25) is 0 Å². The highest BCUT2D eigenvalue weighted by molar-refractivity contribution is 7.71. The Kier molecular flexibility index (Phi) is 5.38. The molecule has 6 nitrogen and oxygen atoms in total. The van der Waals surface area contributed by atoms with Crippen LogP contribution in [-0.2, 0) is 6.61 Å². The van der Waals surface area contributed by atoms with E-state index in [0.717, 1.165) is 21.6 Å². The van der Waals surface area contributed by atoms with Gasteiger partial charge in [0.05, 0.1) is 6.21 Å². The number of nitrogens with one attached hydrogen (secondary N) is 1. The first-order valence-corrected chi connectivity index (χ1v) is 8.45. The number of aryl methyl sites for hydroxylation is 2. The second-order valence-electron chi connectivity index (χ2n) is 5.76. The molecule has 0 radical (unpaired) electrons. The number of hydrogen-bond donors (Lipinski definition) is 1. The number of aromatic nitrogens is 3. The lowest BCUT2D eigenvalue weighted by Crippen LogP contribution is -2.22. The molecule has 0 aliphatic heterocycles. The van der Waals surface area contributed by atoms with Crippen LogP contribution in [0.25, 0.3) is 0 Å². The van der Waals surface area contributed by atoms with Gasteiger partial charge >= 0.3 is 0 Å². The lowest BCUT2D eigenvalue weighted by molar-refractivity contribution is 0.305. The molecule has 26 heavy (non-hydrogen) atoms. The molecule has 0 aliphatic rings. The molecule has 3 aromatic rings. The zero-order chi connectivity index (χ0) is 18.5. The molecule has 0 fully saturated rings. The number of benzene rings is 2. The summed E-state index contributed by atoms with van der Waals surface area (Å²) in [5.41, 5.74) is 3.13. The molecular formula is C19H18N4O2S. The number of rotatable bonds is 5. The molecule has 0 saturated heterocycles. The van der Waals surface area contributed by atoms with Crippen molar-refractivity contribution in [1.82, 2.24) is 14.9 Å². The van der Waals surface area contributed by atoms with Crippen LogP contribution in [0.15, 0.2) is 58.4 Å². The minimum Gasteiger partial charge on any atom is -0.489 e. The molecule has 132 valence electrons. The molecule has 0 spiro atoms. The normalized spacial score (nSPS) is 11.0. The standard InChI is InChI=1S/C19H18N4O2S/c1-13-5-3-4-6-16(13)12-25-17-9-7-15(8-10-17)11-20-23-18(24)14(2)21-22-19(23)26/h3-11H,12H2,1-2H3,(H,22,26)/b20-11+. The van der Waals surface area contributed by atoms with Crippen molar-refractivity contribution in [3.8, 4) is 5.75 Å². The van der Waals surface area contributed by atoms with Gasteiger partial charge in [0.25, 0.3) is 5.56 Å². The maximum absolute atomic E-state index is 12.0. The van der Waals surface area contributed by atoms with Crippen LogP contribution in [0.3, 0.4) is 0 Å². The van der Waals surface area contributed by atoms with Gasteiger partial charge in [0.2, 0.25) is 4.77 Å². The molecule has 1 aromatic heterocycles. The van der Waals surface area contributed by atoms with Gasteiger partial charge in [0.15, 0.2) is 0 Å². The minimum absolute atomic E-state index is 0.148. The first-order valence-electron chi connectivity index (χ1n) is 8.04. The van der Waals surface area contributed by atoms with Crippen molar-refractivity contribution in [2.24, 2.45) is 5.10 Å². The van der Waals surface area contributed by atoms with Gasteiger partial charge in [-0.15, -0.1) is 0 Å². The third-order valence-corrected chi connectivity index (χ3v) is 4.14. The minimum atomic E-state index is -0.344. The first-order chi connectivity index (χ1) is 12.5. The Balaban J connectivity index is 1.70. The third-order valence-electron chi connectivity index (χ3n) is 3.87. The van der Waals surface area contributed by atoms with E-state index in [9.17, 15) is 4.79 Å². The Bertz CT molecular complexity index is 1050. The number of H-pyrrole nitrogens is 1. The van der Waals surface area contributed by atoms with Gasteiger partial charge in [-0.3, -0.25) is 9.89 Å². The fraction of sp³-hybridized carbons (Fsp3) is 0.158. The van der Waals surface area contributed by atoms with E-state index in [4.69, 9.17) is 17.0 Å². The van der Waals surface area contributed by atoms with Crippen molar-refractivity contribution >= 4 is 18.4 Å². The number of nitrogens with zero attached hydrogens (tertiary/aromatic N) is 3. The Morgan fingerprint density at radius 3 is 2.65 bits per heavy atom. The number of ether oxygens (including phenoxy) is 1. The topological polar surface area (TPSA) is 72.3 Å². The largest absolute Gasteiger partial charge is 0.489 e. The molecule has 0 unspecified atom stereocenters. The Labute approximate surface area is 155 Å². The molecule has 2 aromatic carbocycles. The van der Waals surface area contributed by atoms with E-state index < -0.39 is 0 Å². The summed E-state index contributed by atoms with van der Waals surface area (Å²) < 4.78 is 7.07. The number of hydrogen-bond acceptors (Lipinski definition) is 5. The summed E-state index contributed by atoms with van der Waals surface area (Å²) in [5, 5.41) is 10.5. The summed E-state index contributed by atoms with van der Waals surface area (Å²) in [4.78, 5) is 12.0. The summed E-state index contributed by atoms with van der Waals surface area (Å²) >= 11 is 5.04. The maximum Gasteiger partial charge on any atom is 0.296 e. The summed E-state index contributed by atoms with van der Waals surface area (Å²) in [6.45, 7) is 4.17. The predicted octanol–water partition coefficient (Wildman–Crippen LogP) is 3.38. The van der Waals surface area contributed by atoms with E-state index in [0.29, 0.717) is 12.3 Å². The summed E-state index contributed by atoms with van der Waals surface area (Å²) in [6, 6.07) is 15.6. The molecule has 0 saturated carbocycles. The van der Waals surface area contributed by atoms with Gasteiger partial charge in [-0.2, -0.15) is 14.9 Å². The lowest BCUT2D eigenvalue weighted by Gasteiger charge is -2.08. The lowest BCUT2D eigenvalue weighted by atomic mass is 10.1. The summed E-state index contributed by atoms with van der Waals surface area (Å²) in [5.74, 6) is 0.764. The second kappa shape index (κ2) is 7.88. The Morgan fingerprint density at radius 1 is 1.19 bits per heavy atom. The van der Waals surface area contributed by atoms with E-state index in [1.807, 2.05) is 42.5 Å². The van der Waals surface area contributed by atoms with Crippen LogP contribution in [0, 0.1) is 18.6 Å². The first kappa shape index (κ1) is 17.8. The van der Waals surface area contributed by atoms with E-state index in [-0.39, 0.29) is 10.3 Å². The van der Waals surface area contributed by atoms with Crippen molar-refractivity contribution in [1.29, 1.82) is 0 Å². The summed E-state index contributed by atoms with van der Waals surface area (Å²) in [6.07, 6.45) is 1.57. The molecule has 3 rings (SSSR count). The van der Waals surface area contributed by atoms with E-state index in [1.54, 1.807) is 13.1 Å². The molecule has 1 heterocycles. The quantitative estimate of drug-likeness (QED) is 0.555. The number of aromatic amines is 1. The predicted molar refractivity (Wildman–Crippen MR) is 103 cm³/mol.